The lowest BCUT2D eigenvalue weighted by atomic mass is 10.2. The zero-order valence-electron chi connectivity index (χ0n) is 13.4. The lowest BCUT2D eigenvalue weighted by Gasteiger charge is -2.12. The topological polar surface area (TPSA) is 66.5 Å². The molecule has 2 aromatic carbocycles. The third-order valence-corrected chi connectivity index (χ3v) is 5.75. The maximum absolute atomic E-state index is 12.3. The fourth-order valence-electron chi connectivity index (χ4n) is 1.93. The van der Waals surface area contributed by atoms with Crippen molar-refractivity contribution in [3.05, 3.63) is 54.1 Å². The van der Waals surface area contributed by atoms with Crippen molar-refractivity contribution in [2.75, 3.05) is 19.4 Å². The third kappa shape index (κ3) is 5.00. The minimum Gasteiger partial charge on any atom is -0.322 e. The lowest BCUT2D eigenvalue weighted by Crippen LogP contribution is -2.22. The van der Waals surface area contributed by atoms with Gasteiger partial charge in [-0.25, -0.2) is 12.7 Å². The van der Waals surface area contributed by atoms with E-state index in [9.17, 15) is 22.0 Å². The van der Waals surface area contributed by atoms with Gasteiger partial charge in [-0.3, -0.25) is 4.79 Å². The van der Waals surface area contributed by atoms with E-state index < -0.39 is 21.7 Å². The summed E-state index contributed by atoms with van der Waals surface area (Å²) < 4.78 is 49.9. The number of hydrogen-bond acceptors (Lipinski definition) is 4. The summed E-state index contributed by atoms with van der Waals surface area (Å²) >= 11 is 0.412. The zero-order chi connectivity index (χ0) is 18.6. The summed E-state index contributed by atoms with van der Waals surface area (Å²) in [6, 6.07) is 11.6. The minimum absolute atomic E-state index is 0.00818. The Morgan fingerprint density at radius 2 is 1.76 bits per heavy atom. The Kier molecular flexibility index (Phi) is 6.15. The van der Waals surface area contributed by atoms with Crippen LogP contribution in [0, 0.1) is 0 Å². The van der Waals surface area contributed by atoms with Crippen molar-refractivity contribution in [3.63, 3.8) is 0 Å². The Labute approximate surface area is 149 Å². The van der Waals surface area contributed by atoms with Gasteiger partial charge in [0.1, 0.15) is 0 Å². The number of hydrogen-bond donors (Lipinski definition) is 1. The summed E-state index contributed by atoms with van der Waals surface area (Å²) in [7, 11) is -0.836. The van der Waals surface area contributed by atoms with Crippen LogP contribution >= 0.6 is 11.8 Å². The van der Waals surface area contributed by atoms with Crippen molar-refractivity contribution >= 4 is 33.4 Å². The summed E-state index contributed by atoms with van der Waals surface area (Å²) in [6.07, 6.45) is 0. The number of benzene rings is 2. The number of nitrogens with zero attached hydrogens (tertiary/aromatic N) is 1. The second kappa shape index (κ2) is 7.94. The molecular formula is C16H16F2N2O3S2. The molecule has 0 fully saturated rings. The molecule has 0 spiro atoms. The predicted octanol–water partition coefficient (Wildman–Crippen LogP) is 3.50. The summed E-state index contributed by atoms with van der Waals surface area (Å²) in [5.74, 6) is -3.01. The highest BCUT2D eigenvalue weighted by molar-refractivity contribution is 7.99. The quantitative estimate of drug-likeness (QED) is 0.772. The van der Waals surface area contributed by atoms with Crippen LogP contribution in [-0.2, 0) is 10.0 Å². The van der Waals surface area contributed by atoms with Gasteiger partial charge in [-0.05, 0) is 42.5 Å². The van der Waals surface area contributed by atoms with Crippen LogP contribution in [0.3, 0.4) is 0 Å². The number of anilines is 1. The van der Waals surface area contributed by atoms with Crippen molar-refractivity contribution in [1.82, 2.24) is 4.31 Å². The van der Waals surface area contributed by atoms with Gasteiger partial charge < -0.3 is 5.32 Å². The fourth-order valence-corrected chi connectivity index (χ4v) is 3.38. The lowest BCUT2D eigenvalue weighted by molar-refractivity contribution is 0.102. The molecule has 0 atom stereocenters. The Bertz CT molecular complexity index is 854. The molecule has 0 unspecified atom stereocenters. The number of alkyl halides is 2. The highest BCUT2D eigenvalue weighted by Crippen LogP contribution is 2.26. The van der Waals surface area contributed by atoms with Gasteiger partial charge in [0.25, 0.3) is 11.7 Å². The molecule has 5 nitrogen and oxygen atoms in total. The standard InChI is InChI=1S/C16H16F2N2O3S2/c1-20(2)25(22,23)14-5-3-4-11(10-14)15(21)19-12-6-8-13(9-7-12)24-16(17)18/h3-10,16H,1-2H3,(H,19,21). The first-order valence-corrected chi connectivity index (χ1v) is 9.41. The third-order valence-electron chi connectivity index (χ3n) is 3.21. The second-order valence-electron chi connectivity index (χ2n) is 5.17. The zero-order valence-corrected chi connectivity index (χ0v) is 15.1. The smallest absolute Gasteiger partial charge is 0.288 e. The summed E-state index contributed by atoms with van der Waals surface area (Å²) in [5, 5.41) is 2.60. The van der Waals surface area contributed by atoms with Crippen molar-refractivity contribution in [2.24, 2.45) is 0 Å². The molecule has 0 saturated carbocycles. The molecule has 2 aromatic rings. The van der Waals surface area contributed by atoms with Crippen molar-refractivity contribution in [2.45, 2.75) is 15.5 Å². The SMILES string of the molecule is CN(C)S(=O)(=O)c1cccc(C(=O)Nc2ccc(SC(F)F)cc2)c1. The summed E-state index contributed by atoms with van der Waals surface area (Å²) in [4.78, 5) is 12.7. The molecule has 134 valence electrons. The van der Waals surface area contributed by atoms with E-state index in [0.29, 0.717) is 22.3 Å². The van der Waals surface area contributed by atoms with Crippen molar-refractivity contribution < 1.29 is 22.0 Å². The Hall–Kier alpha value is -1.97. The average Bonchev–Trinajstić information content (AvgIpc) is 2.56. The van der Waals surface area contributed by atoms with Gasteiger partial charge in [-0.1, -0.05) is 17.8 Å². The molecule has 0 heterocycles. The van der Waals surface area contributed by atoms with Crippen LogP contribution in [0.2, 0.25) is 0 Å². The van der Waals surface area contributed by atoms with Crippen LogP contribution in [-0.4, -0.2) is 38.5 Å². The van der Waals surface area contributed by atoms with Crippen molar-refractivity contribution in [3.8, 4) is 0 Å². The maximum atomic E-state index is 12.3. The molecule has 0 aliphatic rings. The van der Waals surface area contributed by atoms with Crippen LogP contribution < -0.4 is 5.32 Å². The molecule has 9 heteroatoms. The Morgan fingerprint density at radius 3 is 2.32 bits per heavy atom. The maximum Gasteiger partial charge on any atom is 0.288 e. The molecular weight excluding hydrogens is 370 g/mol. The van der Waals surface area contributed by atoms with E-state index >= 15 is 0 Å². The second-order valence-corrected chi connectivity index (χ2v) is 8.39. The Morgan fingerprint density at radius 1 is 1.12 bits per heavy atom. The van der Waals surface area contributed by atoms with E-state index in [1.165, 1.54) is 62.6 Å². The molecule has 0 aliphatic carbocycles. The van der Waals surface area contributed by atoms with Crippen LogP contribution in [0.4, 0.5) is 14.5 Å². The number of carbonyl (C=O) groups excluding carboxylic acids is 1. The molecule has 0 radical (unpaired) electrons. The fraction of sp³-hybridized carbons (Fsp3) is 0.188. The minimum atomic E-state index is -3.64. The van der Waals surface area contributed by atoms with Crippen LogP contribution in [0.1, 0.15) is 10.4 Å². The highest BCUT2D eigenvalue weighted by Gasteiger charge is 2.18. The van der Waals surface area contributed by atoms with Gasteiger partial charge in [0.15, 0.2) is 0 Å². The Balaban J connectivity index is 2.16. The number of carbonyl (C=O) groups is 1. The van der Waals surface area contributed by atoms with Crippen LogP contribution in [0.5, 0.6) is 0 Å². The van der Waals surface area contributed by atoms with Gasteiger partial charge in [-0.15, -0.1) is 0 Å². The van der Waals surface area contributed by atoms with Crippen LogP contribution in [0.15, 0.2) is 58.3 Å². The number of sulfonamides is 1. The first kappa shape index (κ1) is 19.4. The monoisotopic (exact) mass is 386 g/mol. The molecule has 1 N–H and O–H groups in total. The molecule has 0 saturated heterocycles. The van der Waals surface area contributed by atoms with Crippen molar-refractivity contribution in [1.29, 1.82) is 0 Å². The van der Waals surface area contributed by atoms with Gasteiger partial charge in [0.05, 0.1) is 4.90 Å². The van der Waals surface area contributed by atoms with E-state index in [0.717, 1.165) is 4.31 Å². The van der Waals surface area contributed by atoms with E-state index in [1.807, 2.05) is 0 Å². The van der Waals surface area contributed by atoms with E-state index in [2.05, 4.69) is 5.32 Å². The average molecular weight is 386 g/mol. The van der Waals surface area contributed by atoms with Gasteiger partial charge in [-0.2, -0.15) is 8.78 Å². The normalized spacial score (nSPS) is 11.8. The molecule has 2 rings (SSSR count). The molecule has 25 heavy (non-hydrogen) atoms. The molecule has 0 aliphatic heterocycles. The summed E-state index contributed by atoms with van der Waals surface area (Å²) in [6.45, 7) is 0. The van der Waals surface area contributed by atoms with E-state index in [-0.39, 0.29) is 10.5 Å². The van der Waals surface area contributed by atoms with Gasteiger partial charge >= 0.3 is 0 Å². The van der Waals surface area contributed by atoms with E-state index in [1.54, 1.807) is 0 Å². The highest BCUT2D eigenvalue weighted by atomic mass is 32.2. The van der Waals surface area contributed by atoms with Gasteiger partial charge in [0, 0.05) is 30.2 Å². The molecule has 0 aromatic heterocycles. The number of halogens is 2. The number of nitrogens with one attached hydrogen (secondary N) is 1. The number of amides is 1. The largest absolute Gasteiger partial charge is 0.322 e. The molecule has 0 bridgehead atoms. The van der Waals surface area contributed by atoms with Gasteiger partial charge in [0.2, 0.25) is 10.0 Å². The van der Waals surface area contributed by atoms with Crippen LogP contribution in [0.25, 0.3) is 0 Å². The predicted molar refractivity (Wildman–Crippen MR) is 93.6 cm³/mol. The number of thioether (sulfide) groups is 1. The first-order chi connectivity index (χ1) is 11.7. The summed E-state index contributed by atoms with van der Waals surface area (Å²) in [5.41, 5.74) is 0.596. The van der Waals surface area contributed by atoms with E-state index in [4.69, 9.17) is 0 Å². The number of rotatable bonds is 6. The first-order valence-electron chi connectivity index (χ1n) is 7.09. The molecule has 1 amide bonds.